The van der Waals surface area contributed by atoms with Crippen molar-refractivity contribution in [2.45, 2.75) is 6.92 Å². The van der Waals surface area contributed by atoms with Crippen molar-refractivity contribution < 1.29 is 4.84 Å². The summed E-state index contributed by atoms with van der Waals surface area (Å²) in [7, 11) is 1.99. The van der Waals surface area contributed by atoms with E-state index in [0.29, 0.717) is 13.3 Å². The highest BCUT2D eigenvalue weighted by molar-refractivity contribution is 5.69. The standard InChI is InChI=1S/C8H12N4O/c1-3-13-12-6-11(2)7-4-9-5-10-8(7)12/h4-5H,3,6H2,1-2H3. The molecule has 70 valence electrons. The number of hydroxylamine groups is 1. The van der Waals surface area contributed by atoms with E-state index in [1.54, 1.807) is 11.3 Å². The fraction of sp³-hybridized carbons (Fsp3) is 0.500. The van der Waals surface area contributed by atoms with Gasteiger partial charge in [-0.3, -0.25) is 4.84 Å². The summed E-state index contributed by atoms with van der Waals surface area (Å²) in [5.74, 6) is 0.847. The number of fused-ring (bicyclic) bond motifs is 1. The van der Waals surface area contributed by atoms with Crippen LogP contribution in [-0.2, 0) is 4.84 Å². The van der Waals surface area contributed by atoms with E-state index >= 15 is 0 Å². The molecule has 2 rings (SSSR count). The van der Waals surface area contributed by atoms with Crippen molar-refractivity contribution >= 4 is 11.5 Å². The maximum atomic E-state index is 5.40. The highest BCUT2D eigenvalue weighted by atomic mass is 16.7. The lowest BCUT2D eigenvalue weighted by molar-refractivity contribution is 0.124. The van der Waals surface area contributed by atoms with Crippen LogP contribution in [0.5, 0.6) is 0 Å². The Bertz CT molecular complexity index is 304. The van der Waals surface area contributed by atoms with Crippen molar-refractivity contribution in [2.75, 3.05) is 30.3 Å². The lowest BCUT2D eigenvalue weighted by Crippen LogP contribution is -2.28. The first-order chi connectivity index (χ1) is 6.33. The van der Waals surface area contributed by atoms with Gasteiger partial charge in [0.1, 0.15) is 18.7 Å². The van der Waals surface area contributed by atoms with Crippen LogP contribution in [0, 0.1) is 0 Å². The van der Waals surface area contributed by atoms with E-state index in [0.717, 1.165) is 11.5 Å². The number of anilines is 2. The summed E-state index contributed by atoms with van der Waals surface area (Å²) in [6.07, 6.45) is 3.32. The molecule has 0 fully saturated rings. The number of nitrogens with zero attached hydrogens (tertiary/aromatic N) is 4. The van der Waals surface area contributed by atoms with Crippen molar-refractivity contribution in [3.05, 3.63) is 12.5 Å². The van der Waals surface area contributed by atoms with Gasteiger partial charge < -0.3 is 4.90 Å². The summed E-state index contributed by atoms with van der Waals surface area (Å²) in [5.41, 5.74) is 1.01. The molecule has 13 heavy (non-hydrogen) atoms. The summed E-state index contributed by atoms with van der Waals surface area (Å²) in [5, 5.41) is 1.77. The molecule has 5 heteroatoms. The average Bonchev–Trinajstić information content (AvgIpc) is 2.46. The fourth-order valence-electron chi connectivity index (χ4n) is 1.37. The number of hydrogen-bond donors (Lipinski definition) is 0. The zero-order valence-corrected chi connectivity index (χ0v) is 7.77. The highest BCUT2D eigenvalue weighted by Gasteiger charge is 2.24. The molecule has 5 nitrogen and oxygen atoms in total. The number of hydrogen-bond acceptors (Lipinski definition) is 5. The number of aromatic nitrogens is 2. The molecule has 1 aromatic rings. The lowest BCUT2D eigenvalue weighted by atomic mass is 10.5. The van der Waals surface area contributed by atoms with Crippen LogP contribution in [0.15, 0.2) is 12.5 Å². The van der Waals surface area contributed by atoms with Crippen LogP contribution in [0.2, 0.25) is 0 Å². The predicted octanol–water partition coefficient (Wildman–Crippen LogP) is 0.642. The smallest absolute Gasteiger partial charge is 0.181 e. The van der Waals surface area contributed by atoms with E-state index in [4.69, 9.17) is 4.84 Å². The summed E-state index contributed by atoms with van der Waals surface area (Å²) in [6, 6.07) is 0. The van der Waals surface area contributed by atoms with Crippen molar-refractivity contribution in [3.8, 4) is 0 Å². The van der Waals surface area contributed by atoms with Gasteiger partial charge in [0.25, 0.3) is 0 Å². The third-order valence-electron chi connectivity index (χ3n) is 1.95. The topological polar surface area (TPSA) is 41.5 Å². The molecule has 0 atom stereocenters. The maximum Gasteiger partial charge on any atom is 0.181 e. The average molecular weight is 180 g/mol. The Labute approximate surface area is 76.9 Å². The molecule has 0 amide bonds. The lowest BCUT2D eigenvalue weighted by Gasteiger charge is -2.15. The van der Waals surface area contributed by atoms with Gasteiger partial charge in [-0.1, -0.05) is 0 Å². The Morgan fingerprint density at radius 1 is 1.62 bits per heavy atom. The summed E-state index contributed by atoms with van der Waals surface area (Å²) >= 11 is 0. The van der Waals surface area contributed by atoms with Gasteiger partial charge in [-0.15, -0.1) is 0 Å². The largest absolute Gasteiger partial charge is 0.350 e. The summed E-state index contributed by atoms with van der Waals surface area (Å²) in [6.45, 7) is 3.32. The van der Waals surface area contributed by atoms with Crippen molar-refractivity contribution in [2.24, 2.45) is 0 Å². The van der Waals surface area contributed by atoms with Crippen LogP contribution < -0.4 is 9.96 Å². The van der Waals surface area contributed by atoms with Gasteiger partial charge >= 0.3 is 0 Å². The van der Waals surface area contributed by atoms with Crippen LogP contribution >= 0.6 is 0 Å². The molecular weight excluding hydrogens is 168 g/mol. The van der Waals surface area contributed by atoms with E-state index in [1.807, 2.05) is 18.9 Å². The summed E-state index contributed by atoms with van der Waals surface area (Å²) in [4.78, 5) is 15.6. The molecule has 0 aromatic carbocycles. The van der Waals surface area contributed by atoms with Gasteiger partial charge in [0.2, 0.25) is 0 Å². The molecule has 1 aliphatic heterocycles. The van der Waals surface area contributed by atoms with Gasteiger partial charge in [0.05, 0.1) is 12.8 Å². The van der Waals surface area contributed by atoms with Gasteiger partial charge in [-0.25, -0.2) is 15.0 Å². The zero-order valence-electron chi connectivity index (χ0n) is 7.77. The minimum atomic E-state index is 0.650. The van der Waals surface area contributed by atoms with Crippen molar-refractivity contribution in [1.82, 2.24) is 9.97 Å². The first-order valence-electron chi connectivity index (χ1n) is 4.24. The second-order valence-electron chi connectivity index (χ2n) is 2.87. The minimum Gasteiger partial charge on any atom is -0.350 e. The van der Waals surface area contributed by atoms with E-state index in [-0.39, 0.29) is 0 Å². The van der Waals surface area contributed by atoms with Crippen LogP contribution in [-0.4, -0.2) is 30.3 Å². The molecule has 0 spiro atoms. The van der Waals surface area contributed by atoms with Crippen molar-refractivity contribution in [1.29, 1.82) is 0 Å². The van der Waals surface area contributed by atoms with Gasteiger partial charge in [-0.05, 0) is 6.92 Å². The third-order valence-corrected chi connectivity index (χ3v) is 1.95. The normalized spacial score (nSPS) is 14.9. The zero-order chi connectivity index (χ0) is 9.26. The van der Waals surface area contributed by atoms with Gasteiger partial charge in [-0.2, -0.15) is 0 Å². The molecule has 1 aliphatic rings. The molecule has 1 aromatic heterocycles. The molecule has 2 heterocycles. The van der Waals surface area contributed by atoms with Crippen LogP contribution in [0.25, 0.3) is 0 Å². The fourth-order valence-corrected chi connectivity index (χ4v) is 1.37. The quantitative estimate of drug-likeness (QED) is 0.668. The molecule has 0 aliphatic carbocycles. The van der Waals surface area contributed by atoms with Gasteiger partial charge in [0, 0.05) is 7.05 Å². The second-order valence-corrected chi connectivity index (χ2v) is 2.87. The van der Waals surface area contributed by atoms with Crippen LogP contribution in [0.1, 0.15) is 6.92 Å². The Kier molecular flexibility index (Phi) is 2.02. The van der Waals surface area contributed by atoms with Crippen LogP contribution in [0.4, 0.5) is 11.5 Å². The van der Waals surface area contributed by atoms with E-state index in [2.05, 4.69) is 9.97 Å². The highest BCUT2D eigenvalue weighted by Crippen LogP contribution is 2.31. The Morgan fingerprint density at radius 2 is 2.46 bits per heavy atom. The van der Waals surface area contributed by atoms with E-state index in [9.17, 15) is 0 Å². The molecule has 0 radical (unpaired) electrons. The maximum absolute atomic E-state index is 5.40. The molecule has 0 unspecified atom stereocenters. The molecular formula is C8H12N4O. The SMILES string of the molecule is CCON1CN(C)c2cncnc21. The first-order valence-corrected chi connectivity index (χ1v) is 4.24. The number of rotatable bonds is 2. The van der Waals surface area contributed by atoms with E-state index < -0.39 is 0 Å². The third kappa shape index (κ3) is 1.31. The summed E-state index contributed by atoms with van der Waals surface area (Å²) < 4.78 is 0. The Balaban J connectivity index is 2.30. The minimum absolute atomic E-state index is 0.650. The molecule has 0 saturated carbocycles. The van der Waals surface area contributed by atoms with Gasteiger partial charge in [0.15, 0.2) is 5.82 Å². The van der Waals surface area contributed by atoms with Crippen LogP contribution in [0.3, 0.4) is 0 Å². The monoisotopic (exact) mass is 180 g/mol. The first kappa shape index (κ1) is 8.25. The van der Waals surface area contributed by atoms with Crippen molar-refractivity contribution in [3.63, 3.8) is 0 Å². The van der Waals surface area contributed by atoms with E-state index in [1.165, 1.54) is 6.33 Å². The second kappa shape index (κ2) is 3.18. The predicted molar refractivity (Wildman–Crippen MR) is 49.4 cm³/mol. The molecule has 0 bridgehead atoms. The Morgan fingerprint density at radius 3 is 3.23 bits per heavy atom. The molecule has 0 N–H and O–H groups in total. The Hall–Kier alpha value is -1.36. The molecule has 0 saturated heterocycles.